The summed E-state index contributed by atoms with van der Waals surface area (Å²) in [7, 11) is 0. The van der Waals surface area contributed by atoms with E-state index in [1.54, 1.807) is 12.1 Å². The van der Waals surface area contributed by atoms with Gasteiger partial charge in [-0.25, -0.2) is 0 Å². The van der Waals surface area contributed by atoms with Crippen LogP contribution in [0, 0.1) is 10.1 Å². The fourth-order valence-corrected chi connectivity index (χ4v) is 1.93. The highest BCUT2D eigenvalue weighted by atomic mass is 16.6. The Bertz CT molecular complexity index is 470. The summed E-state index contributed by atoms with van der Waals surface area (Å²) in [5.74, 6) is -0.184. The van der Waals surface area contributed by atoms with Crippen LogP contribution in [-0.2, 0) is 20.9 Å². The zero-order valence-electron chi connectivity index (χ0n) is 10.6. The third kappa shape index (κ3) is 3.51. The van der Waals surface area contributed by atoms with Gasteiger partial charge in [-0.3, -0.25) is 14.9 Å². The number of carbonyl (C=O) groups is 1. The van der Waals surface area contributed by atoms with E-state index in [2.05, 4.69) is 0 Å². The maximum Gasteiger partial charge on any atom is 0.306 e. The van der Waals surface area contributed by atoms with Crippen LogP contribution in [0.5, 0.6) is 0 Å². The molecule has 1 fully saturated rings. The molecular formula is C13H15NO5. The van der Waals surface area contributed by atoms with Crippen LogP contribution in [0.25, 0.3) is 0 Å². The van der Waals surface area contributed by atoms with Crippen molar-refractivity contribution in [3.05, 3.63) is 39.9 Å². The Morgan fingerprint density at radius 1 is 1.47 bits per heavy atom. The molecule has 0 spiro atoms. The van der Waals surface area contributed by atoms with E-state index in [9.17, 15) is 14.9 Å². The molecule has 102 valence electrons. The third-order valence-electron chi connectivity index (χ3n) is 3.10. The average Bonchev–Trinajstić information content (AvgIpc) is 2.83. The van der Waals surface area contributed by atoms with Crippen molar-refractivity contribution < 1.29 is 19.2 Å². The molecule has 6 heteroatoms. The van der Waals surface area contributed by atoms with Gasteiger partial charge < -0.3 is 9.47 Å². The third-order valence-corrected chi connectivity index (χ3v) is 3.10. The lowest BCUT2D eigenvalue weighted by Crippen LogP contribution is -2.25. The van der Waals surface area contributed by atoms with Crippen LogP contribution in [0.15, 0.2) is 24.3 Å². The summed E-state index contributed by atoms with van der Waals surface area (Å²) in [6.07, 6.45) is 0.753. The molecule has 1 aliphatic heterocycles. The van der Waals surface area contributed by atoms with Gasteiger partial charge in [0.2, 0.25) is 0 Å². The van der Waals surface area contributed by atoms with E-state index in [0.717, 1.165) is 5.56 Å². The number of carbonyl (C=O) groups excluding carboxylic acids is 1. The summed E-state index contributed by atoms with van der Waals surface area (Å²) in [6.45, 7) is 2.20. The van der Waals surface area contributed by atoms with Crippen molar-refractivity contribution >= 4 is 11.7 Å². The van der Waals surface area contributed by atoms with E-state index in [4.69, 9.17) is 9.47 Å². The van der Waals surface area contributed by atoms with E-state index in [1.165, 1.54) is 12.1 Å². The summed E-state index contributed by atoms with van der Waals surface area (Å²) >= 11 is 0. The molecule has 1 aromatic carbocycles. The average molecular weight is 265 g/mol. The van der Waals surface area contributed by atoms with Crippen LogP contribution in [0.4, 0.5) is 5.69 Å². The van der Waals surface area contributed by atoms with Crippen molar-refractivity contribution in [1.29, 1.82) is 0 Å². The van der Waals surface area contributed by atoms with Crippen molar-refractivity contribution in [2.24, 2.45) is 0 Å². The molecule has 0 amide bonds. The molecule has 0 bridgehead atoms. The van der Waals surface area contributed by atoms with Crippen LogP contribution < -0.4 is 0 Å². The predicted molar refractivity (Wildman–Crippen MR) is 66.5 cm³/mol. The minimum atomic E-state index is -0.439. The lowest BCUT2D eigenvalue weighted by molar-refractivity contribution is -0.384. The van der Waals surface area contributed by atoms with Gasteiger partial charge in [-0.15, -0.1) is 0 Å². The molecule has 0 saturated carbocycles. The topological polar surface area (TPSA) is 78.7 Å². The van der Waals surface area contributed by atoms with Gasteiger partial charge in [0.05, 0.1) is 17.6 Å². The van der Waals surface area contributed by atoms with Crippen molar-refractivity contribution in [2.75, 3.05) is 0 Å². The van der Waals surface area contributed by atoms with Gasteiger partial charge in [-0.05, 0) is 31.0 Å². The molecule has 1 aromatic rings. The molecule has 2 rings (SSSR count). The lowest BCUT2D eigenvalue weighted by atomic mass is 10.1. The molecule has 1 aliphatic rings. The molecule has 19 heavy (non-hydrogen) atoms. The Balaban J connectivity index is 1.84. The highest BCUT2D eigenvalue weighted by Gasteiger charge is 2.28. The number of non-ortho nitro benzene ring substituents is 1. The normalized spacial score (nSPS) is 20.1. The number of esters is 1. The van der Waals surface area contributed by atoms with Crippen molar-refractivity contribution in [2.45, 2.75) is 38.6 Å². The Kier molecular flexibility index (Phi) is 4.11. The van der Waals surface area contributed by atoms with Crippen LogP contribution in [0.1, 0.15) is 25.3 Å². The standard InChI is InChI=1S/C13H15NO5/c1-9(12-6-7-13(15)19-12)18-8-10-2-4-11(5-3-10)14(16)17/h2-5,9,12H,6-8H2,1H3/t9-,12+/m0/s1. The number of cyclic esters (lactones) is 1. The number of hydrogen-bond acceptors (Lipinski definition) is 5. The number of hydrogen-bond donors (Lipinski definition) is 0. The molecule has 0 N–H and O–H groups in total. The summed E-state index contributed by atoms with van der Waals surface area (Å²) in [5.41, 5.74) is 0.906. The van der Waals surface area contributed by atoms with E-state index in [0.29, 0.717) is 19.4 Å². The van der Waals surface area contributed by atoms with Crippen molar-refractivity contribution in [1.82, 2.24) is 0 Å². The number of rotatable bonds is 5. The number of nitro groups is 1. The second-order valence-corrected chi connectivity index (χ2v) is 4.51. The zero-order chi connectivity index (χ0) is 13.8. The van der Waals surface area contributed by atoms with Gasteiger partial charge in [-0.2, -0.15) is 0 Å². The Morgan fingerprint density at radius 3 is 2.68 bits per heavy atom. The molecule has 2 atom stereocenters. The number of nitrogens with zero attached hydrogens (tertiary/aromatic N) is 1. The maximum atomic E-state index is 11.0. The van der Waals surface area contributed by atoms with Gasteiger partial charge in [0, 0.05) is 18.6 Å². The van der Waals surface area contributed by atoms with Gasteiger partial charge >= 0.3 is 5.97 Å². The number of benzene rings is 1. The first kappa shape index (κ1) is 13.5. The zero-order valence-corrected chi connectivity index (χ0v) is 10.6. The van der Waals surface area contributed by atoms with E-state index in [-0.39, 0.29) is 23.9 Å². The first-order valence-corrected chi connectivity index (χ1v) is 6.10. The Hall–Kier alpha value is -1.95. The number of ether oxygens (including phenoxy) is 2. The summed E-state index contributed by atoms with van der Waals surface area (Å²) in [4.78, 5) is 21.1. The van der Waals surface area contributed by atoms with Crippen LogP contribution in [-0.4, -0.2) is 23.1 Å². The van der Waals surface area contributed by atoms with Crippen LogP contribution in [0.2, 0.25) is 0 Å². The fourth-order valence-electron chi connectivity index (χ4n) is 1.93. The van der Waals surface area contributed by atoms with E-state index < -0.39 is 4.92 Å². The molecule has 1 heterocycles. The molecule has 0 aliphatic carbocycles. The first-order valence-electron chi connectivity index (χ1n) is 6.10. The second-order valence-electron chi connectivity index (χ2n) is 4.51. The number of nitro benzene ring substituents is 1. The molecular weight excluding hydrogens is 250 g/mol. The van der Waals surface area contributed by atoms with Crippen LogP contribution in [0.3, 0.4) is 0 Å². The first-order chi connectivity index (χ1) is 9.06. The van der Waals surface area contributed by atoms with E-state index in [1.807, 2.05) is 6.92 Å². The highest BCUT2D eigenvalue weighted by Crippen LogP contribution is 2.20. The van der Waals surface area contributed by atoms with Crippen LogP contribution >= 0.6 is 0 Å². The van der Waals surface area contributed by atoms with Gasteiger partial charge in [0.25, 0.3) is 5.69 Å². The summed E-state index contributed by atoms with van der Waals surface area (Å²) in [6, 6.07) is 6.20. The SMILES string of the molecule is C[C@H](OCc1ccc([N+](=O)[O-])cc1)[C@H]1CCC(=O)O1. The van der Waals surface area contributed by atoms with Gasteiger partial charge in [-0.1, -0.05) is 0 Å². The van der Waals surface area contributed by atoms with Gasteiger partial charge in [0.1, 0.15) is 6.10 Å². The maximum absolute atomic E-state index is 11.0. The molecule has 0 radical (unpaired) electrons. The molecule has 0 aromatic heterocycles. The minimum Gasteiger partial charge on any atom is -0.460 e. The molecule has 1 saturated heterocycles. The largest absolute Gasteiger partial charge is 0.460 e. The van der Waals surface area contributed by atoms with E-state index >= 15 is 0 Å². The fraction of sp³-hybridized carbons (Fsp3) is 0.462. The quantitative estimate of drug-likeness (QED) is 0.463. The smallest absolute Gasteiger partial charge is 0.306 e. The monoisotopic (exact) mass is 265 g/mol. The second kappa shape index (κ2) is 5.79. The van der Waals surface area contributed by atoms with Gasteiger partial charge in [0.15, 0.2) is 0 Å². The molecule has 6 nitrogen and oxygen atoms in total. The van der Waals surface area contributed by atoms with Crippen molar-refractivity contribution in [3.8, 4) is 0 Å². The molecule has 0 unspecified atom stereocenters. The Labute approximate surface area is 110 Å². The predicted octanol–water partition coefficient (Wildman–Crippen LogP) is 2.21. The Morgan fingerprint density at radius 2 is 2.16 bits per heavy atom. The summed E-state index contributed by atoms with van der Waals surface area (Å²) in [5, 5.41) is 10.5. The highest BCUT2D eigenvalue weighted by molar-refractivity contribution is 5.71. The summed E-state index contributed by atoms with van der Waals surface area (Å²) < 4.78 is 10.7. The minimum absolute atomic E-state index is 0.0570. The lowest BCUT2D eigenvalue weighted by Gasteiger charge is -2.18. The van der Waals surface area contributed by atoms with Crippen molar-refractivity contribution in [3.63, 3.8) is 0 Å².